The molecule has 0 bridgehead atoms. The van der Waals surface area contributed by atoms with Crippen molar-refractivity contribution in [2.45, 2.75) is 13.0 Å². The van der Waals surface area contributed by atoms with Crippen LogP contribution in [0.4, 0.5) is 4.39 Å². The fraction of sp³-hybridized carbons (Fsp3) is 0.231. The van der Waals surface area contributed by atoms with Gasteiger partial charge in [-0.1, -0.05) is 16.8 Å². The summed E-state index contributed by atoms with van der Waals surface area (Å²) in [5.74, 6) is 1.38. The van der Waals surface area contributed by atoms with Crippen molar-refractivity contribution in [1.82, 2.24) is 14.7 Å². The molecule has 0 N–H and O–H groups in total. The highest BCUT2D eigenvalue weighted by molar-refractivity contribution is 6.31. The molecule has 0 atom stereocenters. The second kappa shape index (κ2) is 5.42. The maximum atomic E-state index is 13.5. The van der Waals surface area contributed by atoms with Gasteiger partial charge in [-0.2, -0.15) is 0 Å². The Morgan fingerprint density at radius 2 is 2.20 bits per heavy atom. The zero-order chi connectivity index (χ0) is 14.1. The van der Waals surface area contributed by atoms with Gasteiger partial charge in [-0.15, -0.1) is 11.6 Å². The molecule has 20 heavy (non-hydrogen) atoms. The zero-order valence-electron chi connectivity index (χ0n) is 10.3. The lowest BCUT2D eigenvalue weighted by Crippen LogP contribution is -2.05. The summed E-state index contributed by atoms with van der Waals surface area (Å²) in [5.41, 5.74) is 1.29. The lowest BCUT2D eigenvalue weighted by molar-refractivity contribution is 0.376. The van der Waals surface area contributed by atoms with E-state index in [1.165, 1.54) is 6.07 Å². The molecule has 0 saturated carbocycles. The van der Waals surface area contributed by atoms with Crippen LogP contribution in [0.5, 0.6) is 0 Å². The summed E-state index contributed by atoms with van der Waals surface area (Å²) < 4.78 is 20.5. The van der Waals surface area contributed by atoms with Gasteiger partial charge in [-0.3, -0.25) is 0 Å². The standard InChI is InChI=1S/C13H10Cl2FN3O/c14-3-1-13-18-11-6-10(16)9(15)5-12(11)19(13)7-8-2-4-17-20-8/h2,4-6H,1,3,7H2. The second-order valence-corrected chi connectivity index (χ2v) is 5.07. The number of aromatic nitrogens is 3. The number of nitrogens with zero attached hydrogens (tertiary/aromatic N) is 3. The van der Waals surface area contributed by atoms with Gasteiger partial charge in [0.2, 0.25) is 0 Å². The molecular weight excluding hydrogens is 304 g/mol. The summed E-state index contributed by atoms with van der Waals surface area (Å²) in [7, 11) is 0. The summed E-state index contributed by atoms with van der Waals surface area (Å²) in [6, 6.07) is 4.65. The normalized spacial score (nSPS) is 11.3. The van der Waals surface area contributed by atoms with E-state index in [4.69, 9.17) is 27.7 Å². The highest BCUT2D eigenvalue weighted by Crippen LogP contribution is 2.25. The van der Waals surface area contributed by atoms with E-state index in [-0.39, 0.29) is 5.02 Å². The smallest absolute Gasteiger partial charge is 0.156 e. The Labute approximate surface area is 124 Å². The number of benzene rings is 1. The van der Waals surface area contributed by atoms with E-state index in [0.717, 1.165) is 11.3 Å². The number of aryl methyl sites for hydroxylation is 1. The molecule has 0 unspecified atom stereocenters. The molecule has 3 rings (SSSR count). The van der Waals surface area contributed by atoms with E-state index in [2.05, 4.69) is 10.1 Å². The van der Waals surface area contributed by atoms with Crippen LogP contribution in [0, 0.1) is 5.82 Å². The lowest BCUT2D eigenvalue weighted by atomic mass is 10.3. The van der Waals surface area contributed by atoms with E-state index >= 15 is 0 Å². The molecule has 2 heterocycles. The quantitative estimate of drug-likeness (QED) is 0.691. The Hall–Kier alpha value is -1.59. The summed E-state index contributed by atoms with van der Waals surface area (Å²) in [5, 5.41) is 3.73. The minimum atomic E-state index is -0.485. The third kappa shape index (κ3) is 2.39. The molecule has 0 aliphatic rings. The van der Waals surface area contributed by atoms with Gasteiger partial charge in [0.05, 0.1) is 28.8 Å². The molecule has 0 amide bonds. The molecule has 3 aromatic rings. The van der Waals surface area contributed by atoms with Crippen molar-refractivity contribution in [3.8, 4) is 0 Å². The van der Waals surface area contributed by atoms with Crippen LogP contribution in [0.15, 0.2) is 28.9 Å². The Kier molecular flexibility index (Phi) is 3.63. The third-order valence-electron chi connectivity index (χ3n) is 2.99. The Morgan fingerprint density at radius 3 is 2.90 bits per heavy atom. The van der Waals surface area contributed by atoms with E-state index in [0.29, 0.717) is 30.1 Å². The number of imidazole rings is 1. The van der Waals surface area contributed by atoms with E-state index < -0.39 is 5.82 Å². The van der Waals surface area contributed by atoms with Crippen molar-refractivity contribution in [2.24, 2.45) is 0 Å². The number of alkyl halides is 1. The Bertz CT molecular complexity index is 740. The average Bonchev–Trinajstić information content (AvgIpc) is 3.02. The maximum absolute atomic E-state index is 13.5. The van der Waals surface area contributed by atoms with Crippen LogP contribution in [0.2, 0.25) is 5.02 Å². The summed E-state index contributed by atoms with van der Waals surface area (Å²) >= 11 is 11.6. The molecule has 7 heteroatoms. The number of rotatable bonds is 4. The molecule has 0 radical (unpaired) electrons. The SMILES string of the molecule is Fc1cc2nc(CCCl)n(Cc3ccno3)c2cc1Cl. The highest BCUT2D eigenvalue weighted by atomic mass is 35.5. The number of hydrogen-bond donors (Lipinski definition) is 0. The van der Waals surface area contributed by atoms with Crippen LogP contribution in [-0.2, 0) is 13.0 Å². The van der Waals surface area contributed by atoms with Gasteiger partial charge in [0, 0.05) is 24.4 Å². The largest absolute Gasteiger partial charge is 0.359 e. The fourth-order valence-corrected chi connectivity index (χ4v) is 2.43. The van der Waals surface area contributed by atoms with Crippen molar-refractivity contribution in [2.75, 3.05) is 5.88 Å². The third-order valence-corrected chi connectivity index (χ3v) is 3.47. The molecule has 1 aromatic carbocycles. The molecule has 4 nitrogen and oxygen atoms in total. The molecule has 2 aromatic heterocycles. The molecule has 104 valence electrons. The topological polar surface area (TPSA) is 43.9 Å². The Balaban J connectivity index is 2.15. The maximum Gasteiger partial charge on any atom is 0.156 e. The zero-order valence-corrected chi connectivity index (χ0v) is 11.8. The average molecular weight is 314 g/mol. The minimum absolute atomic E-state index is 0.0636. The monoisotopic (exact) mass is 313 g/mol. The predicted octanol–water partition coefficient (Wildman–Crippen LogP) is 3.65. The van der Waals surface area contributed by atoms with Crippen LogP contribution in [-0.4, -0.2) is 20.6 Å². The van der Waals surface area contributed by atoms with Crippen molar-refractivity contribution >= 4 is 34.2 Å². The molecule has 0 aliphatic heterocycles. The molecule has 0 spiro atoms. The van der Waals surface area contributed by atoms with Gasteiger partial charge in [-0.05, 0) is 6.07 Å². The van der Waals surface area contributed by atoms with Crippen molar-refractivity contribution < 1.29 is 8.91 Å². The van der Waals surface area contributed by atoms with Gasteiger partial charge in [0.15, 0.2) is 5.76 Å². The molecular formula is C13H10Cl2FN3O. The van der Waals surface area contributed by atoms with Gasteiger partial charge in [0.25, 0.3) is 0 Å². The van der Waals surface area contributed by atoms with Gasteiger partial charge in [0.1, 0.15) is 11.6 Å². The van der Waals surface area contributed by atoms with Crippen molar-refractivity contribution in [3.05, 3.63) is 46.8 Å². The second-order valence-electron chi connectivity index (χ2n) is 4.29. The summed E-state index contributed by atoms with van der Waals surface area (Å²) in [4.78, 5) is 4.40. The van der Waals surface area contributed by atoms with Crippen LogP contribution >= 0.6 is 23.2 Å². The van der Waals surface area contributed by atoms with Gasteiger partial charge >= 0.3 is 0 Å². The van der Waals surface area contributed by atoms with Crippen LogP contribution in [0.3, 0.4) is 0 Å². The molecule has 0 saturated heterocycles. The number of hydrogen-bond acceptors (Lipinski definition) is 3. The molecule has 0 aliphatic carbocycles. The first-order valence-electron chi connectivity index (χ1n) is 5.98. The van der Waals surface area contributed by atoms with E-state index in [1.54, 1.807) is 18.3 Å². The van der Waals surface area contributed by atoms with Gasteiger partial charge in [-0.25, -0.2) is 9.37 Å². The lowest BCUT2D eigenvalue weighted by Gasteiger charge is -2.06. The van der Waals surface area contributed by atoms with Crippen LogP contribution in [0.25, 0.3) is 11.0 Å². The number of halogens is 3. The van der Waals surface area contributed by atoms with E-state index in [1.807, 2.05) is 4.57 Å². The highest BCUT2D eigenvalue weighted by Gasteiger charge is 2.14. The van der Waals surface area contributed by atoms with Crippen molar-refractivity contribution in [1.29, 1.82) is 0 Å². The summed E-state index contributed by atoms with van der Waals surface area (Å²) in [6.07, 6.45) is 2.14. The Morgan fingerprint density at radius 1 is 1.35 bits per heavy atom. The predicted molar refractivity (Wildman–Crippen MR) is 74.7 cm³/mol. The first-order valence-corrected chi connectivity index (χ1v) is 6.90. The first-order chi connectivity index (χ1) is 9.69. The van der Waals surface area contributed by atoms with Crippen LogP contribution < -0.4 is 0 Å². The first kappa shape index (κ1) is 13.4. The van der Waals surface area contributed by atoms with Crippen molar-refractivity contribution in [3.63, 3.8) is 0 Å². The minimum Gasteiger partial charge on any atom is -0.359 e. The fourth-order valence-electron chi connectivity index (χ4n) is 2.10. The summed E-state index contributed by atoms with van der Waals surface area (Å²) in [6.45, 7) is 0.449. The molecule has 0 fully saturated rings. The van der Waals surface area contributed by atoms with Crippen LogP contribution in [0.1, 0.15) is 11.6 Å². The van der Waals surface area contributed by atoms with E-state index in [9.17, 15) is 4.39 Å². The van der Waals surface area contributed by atoms with Gasteiger partial charge < -0.3 is 9.09 Å². The number of fused-ring (bicyclic) bond motifs is 1.